The number of carbonyl (C=O) groups is 2. The van der Waals surface area contributed by atoms with Crippen LogP contribution >= 0.6 is 0 Å². The fraction of sp³-hybridized carbons (Fsp3) is 0.333. The van der Waals surface area contributed by atoms with Gasteiger partial charge in [0.1, 0.15) is 5.75 Å². The monoisotopic (exact) mass is 337 g/mol. The number of likely N-dealkylation sites (tertiary alicyclic amines) is 1. The molecule has 0 saturated carbocycles. The van der Waals surface area contributed by atoms with Gasteiger partial charge in [-0.05, 0) is 55.2 Å². The van der Waals surface area contributed by atoms with Crippen molar-refractivity contribution in [1.29, 1.82) is 0 Å². The third kappa shape index (κ3) is 4.08. The number of methoxy groups -OCH3 is 1. The smallest absolute Gasteiger partial charge is 0.254 e. The summed E-state index contributed by atoms with van der Waals surface area (Å²) in [6, 6.07) is 14.5. The highest BCUT2D eigenvalue weighted by Gasteiger charge is 2.21. The minimum absolute atomic E-state index is 0.00143. The van der Waals surface area contributed by atoms with Gasteiger partial charge in [-0.25, -0.2) is 0 Å². The molecule has 0 bridgehead atoms. The van der Waals surface area contributed by atoms with Crippen LogP contribution < -0.4 is 4.74 Å². The summed E-state index contributed by atoms with van der Waals surface area (Å²) < 4.78 is 5.12. The first-order valence-corrected chi connectivity index (χ1v) is 8.73. The Morgan fingerprint density at radius 3 is 2.32 bits per heavy atom. The molecule has 1 aliphatic rings. The number of carbonyl (C=O) groups excluding carboxylic acids is 2. The van der Waals surface area contributed by atoms with E-state index < -0.39 is 0 Å². The average Bonchev–Trinajstić information content (AvgIpc) is 2.68. The van der Waals surface area contributed by atoms with Crippen molar-refractivity contribution in [3.63, 3.8) is 0 Å². The molecule has 0 aromatic heterocycles. The minimum atomic E-state index is 0.00143. The minimum Gasteiger partial charge on any atom is -0.497 e. The van der Waals surface area contributed by atoms with Crippen molar-refractivity contribution in [2.24, 2.45) is 0 Å². The summed E-state index contributed by atoms with van der Waals surface area (Å²) in [6.45, 7) is 1.61. The van der Waals surface area contributed by atoms with E-state index in [4.69, 9.17) is 4.74 Å². The van der Waals surface area contributed by atoms with E-state index in [9.17, 15) is 9.59 Å². The number of piperidine rings is 1. The van der Waals surface area contributed by atoms with Crippen molar-refractivity contribution in [2.75, 3.05) is 20.2 Å². The molecule has 1 heterocycles. The first-order chi connectivity index (χ1) is 12.2. The quantitative estimate of drug-likeness (QED) is 0.781. The highest BCUT2D eigenvalue weighted by atomic mass is 16.5. The molecule has 0 aliphatic carbocycles. The first kappa shape index (κ1) is 17.2. The molecule has 2 aromatic carbocycles. The van der Waals surface area contributed by atoms with Gasteiger partial charge in [0, 0.05) is 30.6 Å². The highest BCUT2D eigenvalue weighted by Crippen LogP contribution is 2.19. The van der Waals surface area contributed by atoms with Crippen molar-refractivity contribution in [3.05, 3.63) is 65.2 Å². The average molecular weight is 337 g/mol. The molecule has 0 atom stereocenters. The summed E-state index contributed by atoms with van der Waals surface area (Å²) in [5, 5.41) is 0. The fourth-order valence-electron chi connectivity index (χ4n) is 3.20. The van der Waals surface area contributed by atoms with Gasteiger partial charge in [0.25, 0.3) is 5.91 Å². The number of ether oxygens (including phenoxy) is 1. The van der Waals surface area contributed by atoms with Crippen LogP contribution in [0.4, 0.5) is 0 Å². The highest BCUT2D eigenvalue weighted by molar-refractivity contribution is 6.01. The molecule has 1 saturated heterocycles. The SMILES string of the molecule is COc1ccc(C(=O)Cc2ccccc2C(=O)N2CCCCC2)cc1. The van der Waals surface area contributed by atoms with Crippen LogP contribution in [0, 0.1) is 0 Å². The van der Waals surface area contributed by atoms with Gasteiger partial charge < -0.3 is 9.64 Å². The first-order valence-electron chi connectivity index (χ1n) is 8.73. The topological polar surface area (TPSA) is 46.6 Å². The number of benzene rings is 2. The molecule has 4 heteroatoms. The lowest BCUT2D eigenvalue weighted by atomic mass is 9.97. The molecule has 0 radical (unpaired) electrons. The summed E-state index contributed by atoms with van der Waals surface area (Å²) in [6.07, 6.45) is 3.51. The molecule has 1 aliphatic heterocycles. The maximum atomic E-state index is 12.8. The van der Waals surface area contributed by atoms with Gasteiger partial charge in [0.05, 0.1) is 7.11 Å². The number of rotatable bonds is 5. The summed E-state index contributed by atoms with van der Waals surface area (Å²) in [5.74, 6) is 0.761. The zero-order valence-corrected chi connectivity index (χ0v) is 14.5. The van der Waals surface area contributed by atoms with Crippen LogP contribution in [0.25, 0.3) is 0 Å². The lowest BCUT2D eigenvalue weighted by molar-refractivity contribution is 0.0723. The van der Waals surface area contributed by atoms with E-state index in [1.807, 2.05) is 29.2 Å². The van der Waals surface area contributed by atoms with E-state index >= 15 is 0 Å². The van der Waals surface area contributed by atoms with E-state index in [0.29, 0.717) is 11.1 Å². The Morgan fingerprint density at radius 2 is 1.64 bits per heavy atom. The van der Waals surface area contributed by atoms with Crippen LogP contribution in [0.1, 0.15) is 45.5 Å². The molecule has 25 heavy (non-hydrogen) atoms. The second-order valence-corrected chi connectivity index (χ2v) is 6.34. The van der Waals surface area contributed by atoms with Crippen molar-refractivity contribution in [3.8, 4) is 5.75 Å². The predicted molar refractivity (Wildman–Crippen MR) is 97.2 cm³/mol. The number of hydrogen-bond acceptors (Lipinski definition) is 3. The van der Waals surface area contributed by atoms with Gasteiger partial charge in [0.15, 0.2) is 5.78 Å². The predicted octanol–water partition coefficient (Wildman–Crippen LogP) is 3.75. The van der Waals surface area contributed by atoms with Crippen LogP contribution in [-0.4, -0.2) is 36.8 Å². The zero-order chi connectivity index (χ0) is 17.6. The summed E-state index contributed by atoms with van der Waals surface area (Å²) in [5.41, 5.74) is 2.06. The third-order valence-electron chi connectivity index (χ3n) is 4.65. The maximum absolute atomic E-state index is 12.8. The Balaban J connectivity index is 1.77. The van der Waals surface area contributed by atoms with E-state index in [2.05, 4.69) is 0 Å². The zero-order valence-electron chi connectivity index (χ0n) is 14.5. The van der Waals surface area contributed by atoms with Gasteiger partial charge in [-0.15, -0.1) is 0 Å². The number of ketones is 1. The van der Waals surface area contributed by atoms with E-state index in [0.717, 1.165) is 37.2 Å². The van der Waals surface area contributed by atoms with Gasteiger partial charge in [-0.1, -0.05) is 18.2 Å². The molecule has 3 rings (SSSR count). The molecule has 130 valence electrons. The maximum Gasteiger partial charge on any atom is 0.254 e. The Kier molecular flexibility index (Phi) is 5.49. The van der Waals surface area contributed by atoms with Crippen molar-refractivity contribution >= 4 is 11.7 Å². The summed E-state index contributed by atoms with van der Waals surface area (Å²) >= 11 is 0. The van der Waals surface area contributed by atoms with Crippen LogP contribution in [0.5, 0.6) is 5.75 Å². The number of hydrogen-bond donors (Lipinski definition) is 0. The molecular formula is C21H23NO3. The van der Waals surface area contributed by atoms with Gasteiger partial charge in [-0.3, -0.25) is 9.59 Å². The molecule has 2 aromatic rings. The van der Waals surface area contributed by atoms with Gasteiger partial charge in [0.2, 0.25) is 0 Å². The number of amides is 1. The van der Waals surface area contributed by atoms with Crippen molar-refractivity contribution in [2.45, 2.75) is 25.7 Å². The fourth-order valence-corrected chi connectivity index (χ4v) is 3.20. The number of Topliss-reactive ketones (excluding diaryl/α,β-unsaturated/α-hetero) is 1. The largest absolute Gasteiger partial charge is 0.497 e. The van der Waals surface area contributed by atoms with Crippen LogP contribution in [0.2, 0.25) is 0 Å². The molecule has 4 nitrogen and oxygen atoms in total. The standard InChI is InChI=1S/C21H23NO3/c1-25-18-11-9-16(10-12-18)20(23)15-17-7-3-4-8-19(17)21(24)22-13-5-2-6-14-22/h3-4,7-12H,2,5-6,13-15H2,1H3. The Morgan fingerprint density at radius 1 is 0.960 bits per heavy atom. The number of nitrogens with zero attached hydrogens (tertiary/aromatic N) is 1. The van der Waals surface area contributed by atoms with Crippen LogP contribution in [-0.2, 0) is 6.42 Å². The molecule has 0 N–H and O–H groups in total. The van der Waals surface area contributed by atoms with E-state index in [1.165, 1.54) is 6.42 Å². The van der Waals surface area contributed by atoms with Crippen molar-refractivity contribution < 1.29 is 14.3 Å². The lowest BCUT2D eigenvalue weighted by Crippen LogP contribution is -2.36. The van der Waals surface area contributed by atoms with E-state index in [1.54, 1.807) is 31.4 Å². The second kappa shape index (κ2) is 7.97. The summed E-state index contributed by atoms with van der Waals surface area (Å²) in [4.78, 5) is 27.3. The van der Waals surface area contributed by atoms with Crippen LogP contribution in [0.3, 0.4) is 0 Å². The Bertz CT molecular complexity index is 746. The normalized spacial score (nSPS) is 14.2. The molecule has 1 fully saturated rings. The van der Waals surface area contributed by atoms with Gasteiger partial charge in [-0.2, -0.15) is 0 Å². The van der Waals surface area contributed by atoms with Crippen LogP contribution in [0.15, 0.2) is 48.5 Å². The third-order valence-corrected chi connectivity index (χ3v) is 4.65. The van der Waals surface area contributed by atoms with E-state index in [-0.39, 0.29) is 18.1 Å². The van der Waals surface area contributed by atoms with Crippen molar-refractivity contribution in [1.82, 2.24) is 4.90 Å². The molecular weight excluding hydrogens is 314 g/mol. The summed E-state index contributed by atoms with van der Waals surface area (Å²) in [7, 11) is 1.60. The molecule has 0 spiro atoms. The molecule has 1 amide bonds. The Labute approximate surface area is 148 Å². The van der Waals surface area contributed by atoms with Gasteiger partial charge >= 0.3 is 0 Å². The Hall–Kier alpha value is -2.62. The second-order valence-electron chi connectivity index (χ2n) is 6.34. The lowest BCUT2D eigenvalue weighted by Gasteiger charge is -2.27. The molecule has 0 unspecified atom stereocenters.